The molecule has 0 saturated carbocycles. The van der Waals surface area contributed by atoms with Crippen LogP contribution in [0, 0.1) is 20.8 Å². The Bertz CT molecular complexity index is 581. The van der Waals surface area contributed by atoms with Crippen molar-refractivity contribution in [2.45, 2.75) is 83.5 Å². The maximum atomic E-state index is 12.0. The fraction of sp³-hybridized carbons (Fsp3) is 0.632. The standard InChI is InChI=1S/C19H28O3S/c1-6-8-10-15(20)21-17-12(3)13(4)18-19(14(17)5)23-16(22-18)11-9-7-2/h16H,6-11H2,1-5H3. The van der Waals surface area contributed by atoms with Gasteiger partial charge in [-0.05, 0) is 51.2 Å². The van der Waals surface area contributed by atoms with Crippen LogP contribution in [0.3, 0.4) is 0 Å². The van der Waals surface area contributed by atoms with Crippen LogP contribution in [-0.4, -0.2) is 11.4 Å². The molecule has 1 heterocycles. The molecule has 0 radical (unpaired) electrons. The topological polar surface area (TPSA) is 35.5 Å². The van der Waals surface area contributed by atoms with Crippen molar-refractivity contribution in [2.24, 2.45) is 0 Å². The molecule has 1 aliphatic rings. The highest BCUT2D eigenvalue weighted by atomic mass is 32.2. The summed E-state index contributed by atoms with van der Waals surface area (Å²) in [6.45, 7) is 10.4. The number of unbranched alkanes of at least 4 members (excludes halogenated alkanes) is 2. The Balaban J connectivity index is 2.24. The van der Waals surface area contributed by atoms with Crippen LogP contribution in [0.2, 0.25) is 0 Å². The van der Waals surface area contributed by atoms with Gasteiger partial charge in [0.15, 0.2) is 0 Å². The normalized spacial score (nSPS) is 16.1. The van der Waals surface area contributed by atoms with Gasteiger partial charge in [-0.25, -0.2) is 0 Å². The van der Waals surface area contributed by atoms with Crippen LogP contribution < -0.4 is 9.47 Å². The Labute approximate surface area is 144 Å². The Hall–Kier alpha value is -1.16. The molecule has 0 saturated heterocycles. The van der Waals surface area contributed by atoms with Crippen molar-refractivity contribution in [3.05, 3.63) is 16.7 Å². The molecule has 0 bridgehead atoms. The van der Waals surface area contributed by atoms with Gasteiger partial charge in [-0.15, -0.1) is 0 Å². The van der Waals surface area contributed by atoms with E-state index >= 15 is 0 Å². The molecule has 1 aliphatic heterocycles. The second kappa shape index (κ2) is 8.09. The fourth-order valence-corrected chi connectivity index (χ4v) is 4.03. The summed E-state index contributed by atoms with van der Waals surface area (Å²) in [4.78, 5) is 13.2. The van der Waals surface area contributed by atoms with E-state index in [0.29, 0.717) is 6.42 Å². The minimum Gasteiger partial charge on any atom is -0.478 e. The van der Waals surface area contributed by atoms with Gasteiger partial charge in [0.25, 0.3) is 0 Å². The van der Waals surface area contributed by atoms with Gasteiger partial charge in [0, 0.05) is 12.0 Å². The van der Waals surface area contributed by atoms with Crippen molar-refractivity contribution in [2.75, 3.05) is 0 Å². The molecule has 0 aromatic heterocycles. The quantitative estimate of drug-likeness (QED) is 0.472. The summed E-state index contributed by atoms with van der Waals surface area (Å²) in [7, 11) is 0. The fourth-order valence-electron chi connectivity index (χ4n) is 2.76. The largest absolute Gasteiger partial charge is 0.478 e. The summed E-state index contributed by atoms with van der Waals surface area (Å²) in [5.74, 6) is 1.58. The number of hydrogen-bond donors (Lipinski definition) is 0. The van der Waals surface area contributed by atoms with Gasteiger partial charge in [-0.1, -0.05) is 38.5 Å². The van der Waals surface area contributed by atoms with Crippen molar-refractivity contribution >= 4 is 17.7 Å². The number of carbonyl (C=O) groups is 1. The van der Waals surface area contributed by atoms with E-state index in [1.54, 1.807) is 11.8 Å². The number of thioether (sulfide) groups is 1. The number of ether oxygens (including phenoxy) is 2. The summed E-state index contributed by atoms with van der Waals surface area (Å²) in [5, 5.41) is 0. The third kappa shape index (κ3) is 4.03. The molecule has 0 amide bonds. The monoisotopic (exact) mass is 336 g/mol. The smallest absolute Gasteiger partial charge is 0.311 e. The van der Waals surface area contributed by atoms with Crippen LogP contribution in [0.4, 0.5) is 0 Å². The van der Waals surface area contributed by atoms with Gasteiger partial charge in [-0.2, -0.15) is 0 Å². The molecule has 0 aliphatic carbocycles. The van der Waals surface area contributed by atoms with Crippen molar-refractivity contribution in [1.29, 1.82) is 0 Å². The van der Waals surface area contributed by atoms with Crippen LogP contribution in [0.15, 0.2) is 4.90 Å². The summed E-state index contributed by atoms with van der Waals surface area (Å²) in [6, 6.07) is 0. The molecular formula is C19H28O3S. The molecule has 2 rings (SSSR count). The summed E-state index contributed by atoms with van der Waals surface area (Å²) < 4.78 is 11.8. The van der Waals surface area contributed by atoms with Gasteiger partial charge >= 0.3 is 5.97 Å². The van der Waals surface area contributed by atoms with E-state index in [4.69, 9.17) is 9.47 Å². The Kier molecular flexibility index (Phi) is 6.40. The predicted octanol–water partition coefficient (Wildman–Crippen LogP) is 5.71. The van der Waals surface area contributed by atoms with Gasteiger partial charge < -0.3 is 9.47 Å². The van der Waals surface area contributed by atoms with Crippen molar-refractivity contribution < 1.29 is 14.3 Å². The second-order valence-corrected chi connectivity index (χ2v) is 7.42. The average Bonchev–Trinajstić information content (AvgIpc) is 2.97. The lowest BCUT2D eigenvalue weighted by molar-refractivity contribution is -0.134. The SMILES string of the molecule is CCCCC(=O)Oc1c(C)c(C)c2c(c1C)SC(CCCC)O2. The van der Waals surface area contributed by atoms with E-state index in [1.807, 2.05) is 13.8 Å². The minimum absolute atomic E-state index is 0.135. The first-order valence-electron chi connectivity index (χ1n) is 8.67. The van der Waals surface area contributed by atoms with Crippen molar-refractivity contribution in [3.63, 3.8) is 0 Å². The molecule has 1 atom stereocenters. The first-order chi connectivity index (χ1) is 11.0. The van der Waals surface area contributed by atoms with E-state index in [-0.39, 0.29) is 11.4 Å². The lowest BCUT2D eigenvalue weighted by Gasteiger charge is -2.16. The van der Waals surface area contributed by atoms with E-state index in [0.717, 1.165) is 52.3 Å². The first kappa shape index (κ1) is 18.2. The summed E-state index contributed by atoms with van der Waals surface area (Å²) in [5.41, 5.74) is 3.34. The molecular weight excluding hydrogens is 308 g/mol. The number of hydrogen-bond acceptors (Lipinski definition) is 4. The first-order valence-corrected chi connectivity index (χ1v) is 9.55. The van der Waals surface area contributed by atoms with Gasteiger partial charge in [0.05, 0.1) is 4.90 Å². The maximum absolute atomic E-state index is 12.0. The third-order valence-electron chi connectivity index (χ3n) is 4.37. The molecule has 23 heavy (non-hydrogen) atoms. The lowest BCUT2D eigenvalue weighted by atomic mass is 10.0. The van der Waals surface area contributed by atoms with Crippen LogP contribution >= 0.6 is 11.8 Å². The number of fused-ring (bicyclic) bond motifs is 1. The average molecular weight is 336 g/mol. The van der Waals surface area contributed by atoms with Crippen molar-refractivity contribution in [1.82, 2.24) is 0 Å². The van der Waals surface area contributed by atoms with Crippen LogP contribution in [0.5, 0.6) is 11.5 Å². The number of carbonyl (C=O) groups excluding carboxylic acids is 1. The lowest BCUT2D eigenvalue weighted by Crippen LogP contribution is -2.10. The molecule has 0 spiro atoms. The third-order valence-corrected chi connectivity index (χ3v) is 5.70. The highest BCUT2D eigenvalue weighted by Crippen LogP contribution is 2.50. The van der Waals surface area contributed by atoms with Crippen LogP contribution in [0.25, 0.3) is 0 Å². The summed E-state index contributed by atoms with van der Waals surface area (Å²) in [6.07, 6.45) is 5.75. The number of rotatable bonds is 7. The molecule has 1 aromatic rings. The van der Waals surface area contributed by atoms with E-state index < -0.39 is 0 Å². The molecule has 128 valence electrons. The molecule has 4 heteroatoms. The Morgan fingerprint density at radius 3 is 2.43 bits per heavy atom. The Morgan fingerprint density at radius 1 is 1.09 bits per heavy atom. The molecule has 1 unspecified atom stereocenters. The zero-order valence-electron chi connectivity index (χ0n) is 15.0. The van der Waals surface area contributed by atoms with Crippen LogP contribution in [0.1, 0.15) is 69.1 Å². The molecule has 3 nitrogen and oxygen atoms in total. The van der Waals surface area contributed by atoms with E-state index in [2.05, 4.69) is 20.8 Å². The van der Waals surface area contributed by atoms with Gasteiger partial charge in [0.2, 0.25) is 0 Å². The number of benzene rings is 1. The predicted molar refractivity (Wildman–Crippen MR) is 95.6 cm³/mol. The highest BCUT2D eigenvalue weighted by Gasteiger charge is 2.30. The maximum Gasteiger partial charge on any atom is 0.311 e. The van der Waals surface area contributed by atoms with Crippen molar-refractivity contribution in [3.8, 4) is 11.5 Å². The number of esters is 1. The Morgan fingerprint density at radius 2 is 1.78 bits per heavy atom. The molecule has 0 fully saturated rings. The zero-order valence-corrected chi connectivity index (χ0v) is 15.8. The minimum atomic E-state index is -0.135. The van der Waals surface area contributed by atoms with E-state index in [1.165, 1.54) is 12.8 Å². The van der Waals surface area contributed by atoms with Gasteiger partial charge in [-0.3, -0.25) is 4.79 Å². The summed E-state index contributed by atoms with van der Waals surface area (Å²) >= 11 is 1.77. The zero-order chi connectivity index (χ0) is 17.0. The molecule has 1 aromatic carbocycles. The second-order valence-electron chi connectivity index (χ2n) is 6.25. The van der Waals surface area contributed by atoms with Gasteiger partial charge in [0.1, 0.15) is 16.9 Å². The highest BCUT2D eigenvalue weighted by molar-refractivity contribution is 8.00. The van der Waals surface area contributed by atoms with E-state index in [9.17, 15) is 4.79 Å². The molecule has 0 N–H and O–H groups in total. The van der Waals surface area contributed by atoms with Crippen LogP contribution in [-0.2, 0) is 4.79 Å².